The van der Waals surface area contributed by atoms with Gasteiger partial charge in [0, 0.05) is 33.3 Å². The first-order valence-electron chi connectivity index (χ1n) is 7.83. The van der Waals surface area contributed by atoms with Crippen molar-refractivity contribution in [3.05, 3.63) is 82.6 Å². The van der Waals surface area contributed by atoms with Crippen molar-refractivity contribution in [2.75, 3.05) is 5.32 Å². The highest BCUT2D eigenvalue weighted by atomic mass is 35.5. The number of para-hydroxylation sites is 1. The van der Waals surface area contributed by atoms with E-state index in [0.29, 0.717) is 16.3 Å². The number of carbonyl (C=O) groups excluding carboxylic acids is 2. The van der Waals surface area contributed by atoms with Gasteiger partial charge in [-0.2, -0.15) is 0 Å². The highest BCUT2D eigenvalue weighted by Gasteiger charge is 2.22. The second kappa shape index (κ2) is 6.95. The number of Topliss-reactive ketones (excluding diaryl/α,β-unsaturated/α-hetero) is 1. The summed E-state index contributed by atoms with van der Waals surface area (Å²) in [6.07, 6.45) is 0. The summed E-state index contributed by atoms with van der Waals surface area (Å²) < 4.78 is 1.96. The molecule has 0 atom stereocenters. The molecule has 1 heterocycles. The molecule has 0 bridgehead atoms. The van der Waals surface area contributed by atoms with E-state index in [1.54, 1.807) is 30.3 Å². The van der Waals surface area contributed by atoms with Crippen molar-refractivity contribution >= 4 is 29.0 Å². The van der Waals surface area contributed by atoms with E-state index in [4.69, 9.17) is 11.6 Å². The van der Waals surface area contributed by atoms with Crippen LogP contribution >= 0.6 is 11.6 Å². The number of nitrogens with zero attached hydrogens (tertiary/aromatic N) is 1. The maximum absolute atomic E-state index is 12.6. The number of nitrogens with one attached hydrogen (secondary N) is 1. The summed E-state index contributed by atoms with van der Waals surface area (Å²) in [5.74, 6) is -1.24. The summed E-state index contributed by atoms with van der Waals surface area (Å²) >= 11 is 5.82. The van der Waals surface area contributed by atoms with Crippen LogP contribution in [0.5, 0.6) is 0 Å². The van der Waals surface area contributed by atoms with E-state index in [-0.39, 0.29) is 0 Å². The molecule has 0 spiro atoms. The smallest absolute Gasteiger partial charge is 0.296 e. The molecular formula is C20H17ClN2O2. The summed E-state index contributed by atoms with van der Waals surface area (Å²) in [5.41, 5.74) is 3.51. The molecule has 0 fully saturated rings. The van der Waals surface area contributed by atoms with E-state index in [2.05, 4.69) is 5.32 Å². The Morgan fingerprint density at radius 1 is 0.960 bits per heavy atom. The molecule has 0 aliphatic heterocycles. The topological polar surface area (TPSA) is 51.1 Å². The van der Waals surface area contributed by atoms with Gasteiger partial charge in [-0.25, -0.2) is 0 Å². The van der Waals surface area contributed by atoms with Crippen molar-refractivity contribution in [1.82, 2.24) is 4.57 Å². The fraction of sp³-hybridized carbons (Fsp3) is 0.100. The zero-order valence-electron chi connectivity index (χ0n) is 13.9. The van der Waals surface area contributed by atoms with Crippen LogP contribution in [-0.4, -0.2) is 16.3 Å². The number of anilines is 1. The van der Waals surface area contributed by atoms with Gasteiger partial charge < -0.3 is 9.88 Å². The molecule has 0 saturated heterocycles. The first-order chi connectivity index (χ1) is 12.0. The summed E-state index contributed by atoms with van der Waals surface area (Å²) in [7, 11) is 0. The van der Waals surface area contributed by atoms with Gasteiger partial charge in [-0.05, 0) is 56.3 Å². The second-order valence-electron chi connectivity index (χ2n) is 5.75. The number of hydrogen-bond donors (Lipinski definition) is 1. The number of aryl methyl sites for hydroxylation is 1. The Balaban J connectivity index is 1.87. The maximum Gasteiger partial charge on any atom is 0.296 e. The van der Waals surface area contributed by atoms with Gasteiger partial charge in [-0.3, -0.25) is 9.59 Å². The average Bonchev–Trinajstić information content (AvgIpc) is 2.91. The Hall–Kier alpha value is -2.85. The quantitative estimate of drug-likeness (QED) is 0.552. The lowest BCUT2D eigenvalue weighted by Crippen LogP contribution is -2.23. The van der Waals surface area contributed by atoms with E-state index >= 15 is 0 Å². The van der Waals surface area contributed by atoms with E-state index in [1.165, 1.54) is 0 Å². The normalized spacial score (nSPS) is 10.5. The molecule has 1 amide bonds. The molecular weight excluding hydrogens is 336 g/mol. The monoisotopic (exact) mass is 352 g/mol. The van der Waals surface area contributed by atoms with Crippen LogP contribution in [0.15, 0.2) is 60.7 Å². The number of halogens is 1. The summed E-state index contributed by atoms with van der Waals surface area (Å²) in [4.78, 5) is 24.9. The van der Waals surface area contributed by atoms with Gasteiger partial charge in [0.25, 0.3) is 11.7 Å². The molecule has 0 aliphatic carbocycles. The molecule has 25 heavy (non-hydrogen) atoms. The summed E-state index contributed by atoms with van der Waals surface area (Å²) in [6.45, 7) is 3.75. The number of aromatic nitrogens is 1. The number of rotatable bonds is 4. The molecule has 0 radical (unpaired) electrons. The van der Waals surface area contributed by atoms with Gasteiger partial charge in [0.05, 0.1) is 0 Å². The lowest BCUT2D eigenvalue weighted by Gasteiger charge is -2.09. The molecule has 3 rings (SSSR count). The van der Waals surface area contributed by atoms with Gasteiger partial charge in [0.2, 0.25) is 0 Å². The van der Waals surface area contributed by atoms with Gasteiger partial charge in [-0.1, -0.05) is 29.8 Å². The Bertz CT molecular complexity index is 928. The zero-order valence-corrected chi connectivity index (χ0v) is 14.7. The van der Waals surface area contributed by atoms with Crippen LogP contribution in [0.4, 0.5) is 5.69 Å². The predicted octanol–water partition coefficient (Wildman–Crippen LogP) is 4.57. The van der Waals surface area contributed by atoms with Crippen LogP contribution < -0.4 is 5.32 Å². The highest BCUT2D eigenvalue weighted by molar-refractivity contribution is 6.46. The molecule has 1 N–H and O–H groups in total. The fourth-order valence-electron chi connectivity index (χ4n) is 2.81. The van der Waals surface area contributed by atoms with Crippen molar-refractivity contribution in [2.24, 2.45) is 0 Å². The third kappa shape index (κ3) is 3.49. The molecule has 126 valence electrons. The minimum atomic E-state index is -0.671. The third-order valence-electron chi connectivity index (χ3n) is 4.00. The number of hydrogen-bond acceptors (Lipinski definition) is 2. The van der Waals surface area contributed by atoms with E-state index in [9.17, 15) is 9.59 Å². The standard InChI is InChI=1S/C20H17ClN2O2/c1-13-12-18(14(2)23(13)17-6-4-3-5-7-17)19(24)20(25)22-16-10-8-15(21)9-11-16/h3-12H,1-2H3,(H,22,25). The van der Waals surface area contributed by atoms with Crippen LogP contribution in [-0.2, 0) is 4.79 Å². The SMILES string of the molecule is Cc1cc(C(=O)C(=O)Nc2ccc(Cl)cc2)c(C)n1-c1ccccc1. The highest BCUT2D eigenvalue weighted by Crippen LogP contribution is 2.22. The molecule has 5 heteroatoms. The lowest BCUT2D eigenvalue weighted by atomic mass is 10.1. The van der Waals surface area contributed by atoms with Crippen LogP contribution in [0.2, 0.25) is 5.02 Å². The van der Waals surface area contributed by atoms with Crippen molar-refractivity contribution in [3.8, 4) is 5.69 Å². The minimum Gasteiger partial charge on any atom is -0.319 e. The predicted molar refractivity (Wildman–Crippen MR) is 99.7 cm³/mol. The molecule has 0 saturated carbocycles. The van der Waals surface area contributed by atoms with Gasteiger partial charge in [0.1, 0.15) is 0 Å². The average molecular weight is 353 g/mol. The third-order valence-corrected chi connectivity index (χ3v) is 4.25. The van der Waals surface area contributed by atoms with Crippen molar-refractivity contribution in [1.29, 1.82) is 0 Å². The first-order valence-corrected chi connectivity index (χ1v) is 8.21. The molecule has 3 aromatic rings. The second-order valence-corrected chi connectivity index (χ2v) is 6.18. The van der Waals surface area contributed by atoms with E-state index in [1.807, 2.05) is 48.7 Å². The fourth-order valence-corrected chi connectivity index (χ4v) is 2.94. The molecule has 1 aromatic heterocycles. The Morgan fingerprint density at radius 2 is 1.60 bits per heavy atom. The number of benzene rings is 2. The molecule has 0 unspecified atom stereocenters. The molecule has 2 aromatic carbocycles. The van der Waals surface area contributed by atoms with Gasteiger partial charge >= 0.3 is 0 Å². The Morgan fingerprint density at radius 3 is 2.24 bits per heavy atom. The van der Waals surface area contributed by atoms with E-state index < -0.39 is 11.7 Å². The summed E-state index contributed by atoms with van der Waals surface area (Å²) in [5, 5.41) is 3.17. The minimum absolute atomic E-state index is 0.396. The van der Waals surface area contributed by atoms with Crippen LogP contribution in [0.1, 0.15) is 21.7 Å². The Kier molecular flexibility index (Phi) is 4.72. The van der Waals surface area contributed by atoms with Crippen LogP contribution in [0.3, 0.4) is 0 Å². The zero-order chi connectivity index (χ0) is 18.0. The van der Waals surface area contributed by atoms with Crippen LogP contribution in [0.25, 0.3) is 5.69 Å². The largest absolute Gasteiger partial charge is 0.319 e. The number of carbonyl (C=O) groups is 2. The van der Waals surface area contributed by atoms with Crippen molar-refractivity contribution < 1.29 is 9.59 Å². The first kappa shape index (κ1) is 17.0. The lowest BCUT2D eigenvalue weighted by molar-refractivity contribution is -0.112. The van der Waals surface area contributed by atoms with Crippen LogP contribution in [0, 0.1) is 13.8 Å². The van der Waals surface area contributed by atoms with Crippen molar-refractivity contribution in [2.45, 2.75) is 13.8 Å². The van der Waals surface area contributed by atoms with E-state index in [0.717, 1.165) is 17.1 Å². The van der Waals surface area contributed by atoms with Gasteiger partial charge in [0.15, 0.2) is 0 Å². The Labute approximate surface area is 151 Å². The van der Waals surface area contributed by atoms with Crippen molar-refractivity contribution in [3.63, 3.8) is 0 Å². The molecule has 4 nitrogen and oxygen atoms in total. The maximum atomic E-state index is 12.6. The number of ketones is 1. The molecule has 0 aliphatic rings. The summed E-state index contributed by atoms with van der Waals surface area (Å²) in [6, 6.07) is 18.1. The number of amides is 1. The van der Waals surface area contributed by atoms with Gasteiger partial charge in [-0.15, -0.1) is 0 Å².